The number of carbonyl (C=O) groups excluding carboxylic acids is 2. The Labute approximate surface area is 410 Å². The molecule has 0 radical (unpaired) electrons. The predicted molar refractivity (Wildman–Crippen MR) is 274 cm³/mol. The molecule has 2 fully saturated rings. The SMILES string of the molecule is COc1ccc(C(C)(CN(C)C2(C(C)Cc3ccccc3)SCCCS2)OC(=O)C(=O)OC(C)(CN(C)C2(C(C)Cc3ccccc3)SCCCS2)c2ccc(OC)c(OC)c2)cc1OC. The lowest BCUT2D eigenvalue weighted by Gasteiger charge is -2.50. The Morgan fingerprint density at radius 2 is 0.879 bits per heavy atom. The van der Waals surface area contributed by atoms with Gasteiger partial charge in [-0.3, -0.25) is 9.80 Å². The van der Waals surface area contributed by atoms with Crippen molar-refractivity contribution in [3.63, 3.8) is 0 Å². The van der Waals surface area contributed by atoms with Crippen LogP contribution in [0.4, 0.5) is 0 Å². The minimum atomic E-state index is -1.34. The van der Waals surface area contributed by atoms with E-state index in [4.69, 9.17) is 28.4 Å². The number of carbonyl (C=O) groups is 2. The predicted octanol–water partition coefficient (Wildman–Crippen LogP) is 10.6. The van der Waals surface area contributed by atoms with E-state index < -0.39 is 23.1 Å². The van der Waals surface area contributed by atoms with Crippen LogP contribution in [0.1, 0.15) is 62.8 Å². The largest absolute Gasteiger partial charge is 0.493 e. The Bertz CT molecular complexity index is 2050. The van der Waals surface area contributed by atoms with Gasteiger partial charge in [-0.15, -0.1) is 47.0 Å². The highest BCUT2D eigenvalue weighted by atomic mass is 32.2. The summed E-state index contributed by atoms with van der Waals surface area (Å²) in [6.45, 7) is 8.86. The lowest BCUT2D eigenvalue weighted by Crippen LogP contribution is -2.55. The Hall–Kier alpha value is -3.66. The number of ether oxygens (including phenoxy) is 6. The first-order valence-electron chi connectivity index (χ1n) is 22.6. The fourth-order valence-electron chi connectivity index (χ4n) is 9.34. The second-order valence-corrected chi connectivity index (χ2v) is 23.4. The van der Waals surface area contributed by atoms with Crippen LogP contribution in [0.5, 0.6) is 23.0 Å². The van der Waals surface area contributed by atoms with E-state index in [0.29, 0.717) is 34.1 Å². The Kier molecular flexibility index (Phi) is 18.1. The van der Waals surface area contributed by atoms with Crippen LogP contribution in [0.2, 0.25) is 0 Å². The molecular weight excluding hydrogens is 909 g/mol. The van der Waals surface area contributed by atoms with Crippen LogP contribution in [0.15, 0.2) is 97.1 Å². The van der Waals surface area contributed by atoms with Gasteiger partial charge in [0.05, 0.1) is 28.4 Å². The Morgan fingerprint density at radius 3 is 1.20 bits per heavy atom. The standard InChI is InChI=1S/C52H68N2O8S4/c1-37(31-39-19-13-11-14-20-39)51(63-27-17-28-64-51)53(5)35-49(3,41-23-25-43(57-7)45(33-41)59-9)61-47(55)48(56)62-50(4,42-24-26-44(58-8)46(34-42)60-10)36-54(6)52(65-29-18-30-66-52)38(2)32-40-21-15-12-16-22-40/h11-16,19-26,33-34,37-38H,17-18,27-32,35-36H2,1-10H3. The molecule has 4 atom stereocenters. The average molecular weight is 977 g/mol. The molecule has 6 rings (SSSR count). The van der Waals surface area contributed by atoms with Crippen LogP contribution >= 0.6 is 47.0 Å². The van der Waals surface area contributed by atoms with E-state index in [2.05, 4.69) is 86.3 Å². The van der Waals surface area contributed by atoms with Crippen molar-refractivity contribution in [3.05, 3.63) is 119 Å². The molecule has 0 aliphatic carbocycles. The Balaban J connectivity index is 1.35. The van der Waals surface area contributed by atoms with Gasteiger partial charge < -0.3 is 28.4 Å². The third kappa shape index (κ3) is 11.8. The summed E-state index contributed by atoms with van der Waals surface area (Å²) in [7, 11) is 10.5. The van der Waals surface area contributed by atoms with Crippen molar-refractivity contribution >= 4 is 59.0 Å². The van der Waals surface area contributed by atoms with E-state index in [0.717, 1.165) is 48.7 Å². The van der Waals surface area contributed by atoms with Crippen LogP contribution in [0, 0.1) is 11.8 Å². The number of nitrogens with zero attached hydrogens (tertiary/aromatic N) is 2. The first kappa shape index (κ1) is 51.7. The summed E-state index contributed by atoms with van der Waals surface area (Å²) in [5, 5.41) is 0. The van der Waals surface area contributed by atoms with Gasteiger partial charge in [0.1, 0.15) is 19.6 Å². The quantitative estimate of drug-likeness (QED) is 0.0621. The summed E-state index contributed by atoms with van der Waals surface area (Å²) in [6, 6.07) is 32.1. The molecule has 4 aromatic carbocycles. The molecule has 66 heavy (non-hydrogen) atoms. The highest BCUT2D eigenvalue weighted by Gasteiger charge is 2.49. The first-order chi connectivity index (χ1) is 31.7. The van der Waals surface area contributed by atoms with E-state index in [-0.39, 0.29) is 33.3 Å². The van der Waals surface area contributed by atoms with Crippen LogP contribution < -0.4 is 18.9 Å². The number of esters is 2. The van der Waals surface area contributed by atoms with Crippen molar-refractivity contribution in [1.29, 1.82) is 0 Å². The molecule has 2 aliphatic heterocycles. The second-order valence-electron chi connectivity index (χ2n) is 17.6. The number of rotatable bonds is 20. The summed E-state index contributed by atoms with van der Waals surface area (Å²) in [5.41, 5.74) is 1.14. The second kappa shape index (κ2) is 23.1. The summed E-state index contributed by atoms with van der Waals surface area (Å²) >= 11 is 7.74. The zero-order chi connectivity index (χ0) is 47.5. The molecule has 2 heterocycles. The van der Waals surface area contributed by atoms with Crippen molar-refractivity contribution < 1.29 is 38.0 Å². The van der Waals surface area contributed by atoms with Crippen LogP contribution in [0.25, 0.3) is 0 Å². The van der Waals surface area contributed by atoms with Gasteiger partial charge in [0, 0.05) is 24.2 Å². The van der Waals surface area contributed by atoms with Gasteiger partial charge in [-0.1, -0.05) is 86.6 Å². The zero-order valence-electron chi connectivity index (χ0n) is 40.3. The third-order valence-corrected chi connectivity index (χ3v) is 20.7. The molecule has 0 bridgehead atoms. The summed E-state index contributed by atoms with van der Waals surface area (Å²) < 4.78 is 35.1. The van der Waals surface area contributed by atoms with E-state index in [1.165, 1.54) is 11.1 Å². The third-order valence-electron chi connectivity index (χ3n) is 12.8. The number of likely N-dealkylation sites (N-methyl/N-ethyl adjacent to an activating group) is 2. The van der Waals surface area contributed by atoms with Gasteiger partial charge in [-0.05, 0) is 124 Å². The molecule has 2 aliphatic rings. The molecule has 10 nitrogen and oxygen atoms in total. The van der Waals surface area contributed by atoms with E-state index in [1.54, 1.807) is 40.6 Å². The van der Waals surface area contributed by atoms with Crippen molar-refractivity contribution in [1.82, 2.24) is 9.80 Å². The van der Waals surface area contributed by atoms with Crippen LogP contribution in [-0.2, 0) is 43.1 Å². The molecule has 0 aromatic heterocycles. The van der Waals surface area contributed by atoms with Crippen LogP contribution in [-0.4, -0.2) is 109 Å². The zero-order valence-corrected chi connectivity index (χ0v) is 43.5. The van der Waals surface area contributed by atoms with Gasteiger partial charge in [-0.2, -0.15) is 0 Å². The number of thioether (sulfide) groups is 4. The molecule has 2 saturated heterocycles. The summed E-state index contributed by atoms with van der Waals surface area (Å²) in [5.74, 6) is 4.28. The van der Waals surface area contributed by atoms with E-state index in [9.17, 15) is 9.59 Å². The first-order valence-corrected chi connectivity index (χ1v) is 26.6. The Morgan fingerprint density at radius 1 is 0.545 bits per heavy atom. The molecule has 358 valence electrons. The molecule has 0 N–H and O–H groups in total. The molecular formula is C52H68N2O8S4. The minimum Gasteiger partial charge on any atom is -0.493 e. The summed E-state index contributed by atoms with van der Waals surface area (Å²) in [4.78, 5) is 34.0. The molecule has 4 aromatic rings. The van der Waals surface area contributed by atoms with Gasteiger partial charge >= 0.3 is 11.9 Å². The lowest BCUT2D eigenvalue weighted by atomic mass is 9.93. The molecule has 4 unspecified atom stereocenters. The van der Waals surface area contributed by atoms with Crippen molar-refractivity contribution in [3.8, 4) is 23.0 Å². The molecule has 0 amide bonds. The fourth-order valence-corrected chi connectivity index (χ4v) is 16.3. The van der Waals surface area contributed by atoms with Crippen molar-refractivity contribution in [2.75, 3.05) is 78.6 Å². The normalized spacial score (nSPS) is 18.5. The number of methoxy groups -OCH3 is 4. The lowest BCUT2D eigenvalue weighted by molar-refractivity contribution is -0.188. The van der Waals surface area contributed by atoms with Gasteiger partial charge in [-0.25, -0.2) is 9.59 Å². The molecule has 14 heteroatoms. The van der Waals surface area contributed by atoms with E-state index >= 15 is 0 Å². The van der Waals surface area contributed by atoms with Crippen molar-refractivity contribution in [2.24, 2.45) is 11.8 Å². The summed E-state index contributed by atoms with van der Waals surface area (Å²) in [6.07, 6.45) is 3.96. The smallest absolute Gasteiger partial charge is 0.418 e. The highest BCUT2D eigenvalue weighted by molar-refractivity contribution is 8.19. The van der Waals surface area contributed by atoms with Gasteiger partial charge in [0.2, 0.25) is 0 Å². The topological polar surface area (TPSA) is 96.0 Å². The monoisotopic (exact) mass is 976 g/mol. The van der Waals surface area contributed by atoms with Gasteiger partial charge in [0.25, 0.3) is 0 Å². The van der Waals surface area contributed by atoms with Crippen molar-refractivity contribution in [2.45, 2.75) is 73.0 Å². The number of hydrogen-bond donors (Lipinski definition) is 0. The number of hydrogen-bond acceptors (Lipinski definition) is 14. The highest BCUT2D eigenvalue weighted by Crippen LogP contribution is 2.53. The van der Waals surface area contributed by atoms with Crippen LogP contribution in [0.3, 0.4) is 0 Å². The van der Waals surface area contributed by atoms with Gasteiger partial charge in [0.15, 0.2) is 23.0 Å². The maximum absolute atomic E-state index is 14.7. The molecule has 0 saturated carbocycles. The maximum atomic E-state index is 14.7. The fraction of sp³-hybridized carbons (Fsp3) is 0.500. The number of benzene rings is 4. The van der Waals surface area contributed by atoms with E-state index in [1.807, 2.05) is 97.3 Å². The maximum Gasteiger partial charge on any atom is 0.418 e. The average Bonchev–Trinajstić information content (AvgIpc) is 3.34. The molecule has 0 spiro atoms. The minimum absolute atomic E-state index is 0.217.